The van der Waals surface area contributed by atoms with Crippen LogP contribution in [-0.4, -0.2) is 82.6 Å². The zero-order valence-corrected chi connectivity index (χ0v) is 18.1. The molecule has 34 heavy (non-hydrogen) atoms. The van der Waals surface area contributed by atoms with E-state index in [1.807, 2.05) is 0 Å². The number of aliphatic hydroxyl groups is 3. The van der Waals surface area contributed by atoms with E-state index in [4.69, 9.17) is 23.7 Å². The Balaban J connectivity index is 1.52. The lowest BCUT2D eigenvalue weighted by Gasteiger charge is -2.44. The van der Waals surface area contributed by atoms with Crippen LogP contribution < -0.4 is 0 Å². The first-order valence-electron chi connectivity index (χ1n) is 10.8. The Morgan fingerprint density at radius 3 is 2.74 bits per heavy atom. The summed E-state index contributed by atoms with van der Waals surface area (Å²) in [5, 5.41) is 40.6. The summed E-state index contributed by atoms with van der Waals surface area (Å²) in [6, 6.07) is 5.36. The van der Waals surface area contributed by atoms with Crippen LogP contribution in [0.15, 0.2) is 48.8 Å². The van der Waals surface area contributed by atoms with Crippen molar-refractivity contribution in [1.29, 1.82) is 0 Å². The van der Waals surface area contributed by atoms with Gasteiger partial charge in [-0.1, -0.05) is 12.1 Å². The highest BCUT2D eigenvalue weighted by molar-refractivity contribution is 5.90. The SMILES string of the molecule is C=C[C@H]1[C@H](O[C@@H]2O[C@H](CO)[C@@H](O)[C@H](OC(=O)c3cccc(O)c3)[C@H]2O)OC=C2C(=O)OCC[C@H]21. The van der Waals surface area contributed by atoms with Crippen LogP contribution in [0.4, 0.5) is 0 Å². The maximum absolute atomic E-state index is 12.5. The van der Waals surface area contributed by atoms with Gasteiger partial charge in [-0.05, 0) is 24.6 Å². The quantitative estimate of drug-likeness (QED) is 0.321. The van der Waals surface area contributed by atoms with Crippen LogP contribution in [0.1, 0.15) is 16.8 Å². The molecule has 8 atom stereocenters. The lowest BCUT2D eigenvalue weighted by Crippen LogP contribution is -2.61. The predicted octanol–water partition coefficient (Wildman–Crippen LogP) is -0.0213. The third kappa shape index (κ3) is 4.65. The summed E-state index contributed by atoms with van der Waals surface area (Å²) in [4.78, 5) is 24.6. The highest BCUT2D eigenvalue weighted by Gasteiger charge is 2.50. The summed E-state index contributed by atoms with van der Waals surface area (Å²) in [7, 11) is 0. The molecule has 0 aromatic heterocycles. The first-order valence-corrected chi connectivity index (χ1v) is 10.8. The van der Waals surface area contributed by atoms with E-state index in [0.29, 0.717) is 12.0 Å². The Morgan fingerprint density at radius 1 is 1.24 bits per heavy atom. The smallest absolute Gasteiger partial charge is 0.338 e. The summed E-state index contributed by atoms with van der Waals surface area (Å²) in [6.07, 6.45) is -5.14. The van der Waals surface area contributed by atoms with Crippen molar-refractivity contribution >= 4 is 11.9 Å². The van der Waals surface area contributed by atoms with E-state index in [2.05, 4.69) is 6.58 Å². The number of aromatic hydroxyl groups is 1. The normalized spacial score (nSPS) is 35.3. The van der Waals surface area contributed by atoms with Crippen molar-refractivity contribution in [3.63, 3.8) is 0 Å². The Labute approximate surface area is 194 Å². The van der Waals surface area contributed by atoms with Crippen molar-refractivity contribution in [3.05, 3.63) is 54.3 Å². The van der Waals surface area contributed by atoms with Crippen LogP contribution in [0.25, 0.3) is 0 Å². The van der Waals surface area contributed by atoms with Crippen molar-refractivity contribution in [3.8, 4) is 5.75 Å². The number of phenols is 1. The van der Waals surface area contributed by atoms with E-state index in [9.17, 15) is 30.0 Å². The van der Waals surface area contributed by atoms with Gasteiger partial charge in [0.1, 0.15) is 24.1 Å². The molecule has 11 nitrogen and oxygen atoms in total. The van der Waals surface area contributed by atoms with Gasteiger partial charge in [-0.2, -0.15) is 0 Å². The highest BCUT2D eigenvalue weighted by Crippen LogP contribution is 2.39. The molecule has 1 aromatic rings. The molecule has 0 aliphatic carbocycles. The minimum absolute atomic E-state index is 0.00639. The standard InChI is InChI=1S/C23H26O11/c1-2-13-14-6-7-30-21(29)15(14)10-31-22(13)34-23-18(27)19(17(26)16(9-24)32-23)33-20(28)11-4-3-5-12(25)8-11/h2-5,8,10,13-14,16-19,22-27H,1,6-7,9H2/t13-,14+,16-,17-,18-,19+,22+,23+/m1/s1. The summed E-state index contributed by atoms with van der Waals surface area (Å²) >= 11 is 0. The molecule has 0 saturated carbocycles. The van der Waals surface area contributed by atoms with Crippen LogP contribution >= 0.6 is 0 Å². The molecule has 0 bridgehead atoms. The summed E-state index contributed by atoms with van der Waals surface area (Å²) < 4.78 is 27.2. The Hall–Kier alpha value is -2.96. The van der Waals surface area contributed by atoms with Crippen molar-refractivity contribution in [2.45, 2.75) is 43.4 Å². The number of ether oxygens (including phenoxy) is 5. The number of carbonyl (C=O) groups is 2. The maximum atomic E-state index is 12.5. The van der Waals surface area contributed by atoms with E-state index in [1.165, 1.54) is 30.5 Å². The Kier molecular flexibility index (Phi) is 7.19. The first kappa shape index (κ1) is 24.2. The van der Waals surface area contributed by atoms with E-state index < -0.39 is 61.5 Å². The number of phenolic OH excluding ortho intramolecular Hbond substituents is 1. The second-order valence-corrected chi connectivity index (χ2v) is 8.18. The molecule has 4 rings (SSSR count). The average molecular weight is 478 g/mol. The molecule has 1 aromatic carbocycles. The molecule has 2 saturated heterocycles. The molecule has 184 valence electrons. The molecule has 0 unspecified atom stereocenters. The molecular weight excluding hydrogens is 452 g/mol. The second kappa shape index (κ2) is 10.1. The lowest BCUT2D eigenvalue weighted by atomic mass is 9.81. The zero-order chi connectivity index (χ0) is 24.4. The largest absolute Gasteiger partial charge is 0.508 e. The van der Waals surface area contributed by atoms with Gasteiger partial charge in [0.2, 0.25) is 6.29 Å². The van der Waals surface area contributed by atoms with Gasteiger partial charge in [-0.3, -0.25) is 0 Å². The number of hydrogen-bond donors (Lipinski definition) is 4. The second-order valence-electron chi connectivity index (χ2n) is 8.18. The summed E-state index contributed by atoms with van der Waals surface area (Å²) in [6.45, 7) is 3.37. The minimum atomic E-state index is -1.66. The van der Waals surface area contributed by atoms with Crippen LogP contribution in [0.3, 0.4) is 0 Å². The maximum Gasteiger partial charge on any atom is 0.338 e. The van der Waals surface area contributed by atoms with Gasteiger partial charge in [-0.25, -0.2) is 9.59 Å². The topological polar surface area (TPSA) is 161 Å². The van der Waals surface area contributed by atoms with E-state index in [-0.39, 0.29) is 23.8 Å². The molecule has 11 heteroatoms. The predicted molar refractivity (Wildman–Crippen MR) is 112 cm³/mol. The first-order chi connectivity index (χ1) is 16.3. The molecule has 0 spiro atoms. The van der Waals surface area contributed by atoms with Crippen LogP contribution in [0, 0.1) is 11.8 Å². The molecule has 4 N–H and O–H groups in total. The number of benzene rings is 1. The monoisotopic (exact) mass is 478 g/mol. The van der Waals surface area contributed by atoms with Crippen molar-refractivity contribution in [1.82, 2.24) is 0 Å². The molecule has 0 amide bonds. The molecular formula is C23H26O11. The van der Waals surface area contributed by atoms with Crippen LogP contribution in [0.2, 0.25) is 0 Å². The van der Waals surface area contributed by atoms with Crippen molar-refractivity contribution in [2.24, 2.45) is 11.8 Å². The zero-order valence-electron chi connectivity index (χ0n) is 18.1. The van der Waals surface area contributed by atoms with E-state index >= 15 is 0 Å². The number of esters is 2. The summed E-state index contributed by atoms with van der Waals surface area (Å²) in [5.74, 6) is -2.34. The number of rotatable bonds is 6. The highest BCUT2D eigenvalue weighted by atomic mass is 16.8. The average Bonchev–Trinajstić information content (AvgIpc) is 2.83. The van der Waals surface area contributed by atoms with E-state index in [0.717, 1.165) is 0 Å². The third-order valence-corrected chi connectivity index (χ3v) is 6.09. The minimum Gasteiger partial charge on any atom is -0.508 e. The third-order valence-electron chi connectivity index (χ3n) is 6.09. The van der Waals surface area contributed by atoms with Gasteiger partial charge in [0.05, 0.1) is 30.6 Å². The summed E-state index contributed by atoms with van der Waals surface area (Å²) in [5.41, 5.74) is 0.343. The fraction of sp³-hybridized carbons (Fsp3) is 0.478. The fourth-order valence-electron chi connectivity index (χ4n) is 4.28. The van der Waals surface area contributed by atoms with Gasteiger partial charge < -0.3 is 44.1 Å². The number of fused-ring (bicyclic) bond motifs is 1. The van der Waals surface area contributed by atoms with Crippen LogP contribution in [0.5, 0.6) is 5.75 Å². The van der Waals surface area contributed by atoms with Gasteiger partial charge in [0, 0.05) is 11.8 Å². The van der Waals surface area contributed by atoms with Gasteiger partial charge in [-0.15, -0.1) is 6.58 Å². The van der Waals surface area contributed by atoms with Gasteiger partial charge >= 0.3 is 11.9 Å². The van der Waals surface area contributed by atoms with Crippen LogP contribution in [-0.2, 0) is 28.5 Å². The number of carbonyl (C=O) groups excluding carboxylic acids is 2. The van der Waals surface area contributed by atoms with Crippen molar-refractivity contribution < 1.29 is 53.7 Å². The van der Waals surface area contributed by atoms with Gasteiger partial charge in [0.25, 0.3) is 0 Å². The molecule has 2 fully saturated rings. The number of cyclic esters (lactones) is 1. The number of aliphatic hydroxyl groups excluding tert-OH is 3. The van der Waals surface area contributed by atoms with E-state index in [1.54, 1.807) is 6.08 Å². The molecule has 3 aliphatic rings. The number of hydrogen-bond acceptors (Lipinski definition) is 11. The lowest BCUT2D eigenvalue weighted by molar-refractivity contribution is -0.339. The molecule has 0 radical (unpaired) electrons. The van der Waals surface area contributed by atoms with Gasteiger partial charge in [0.15, 0.2) is 12.4 Å². The molecule has 3 aliphatic heterocycles. The molecule has 3 heterocycles. The van der Waals surface area contributed by atoms with Crippen molar-refractivity contribution in [2.75, 3.05) is 13.2 Å². The Bertz CT molecular complexity index is 960. The Morgan fingerprint density at radius 2 is 2.03 bits per heavy atom. The fourth-order valence-corrected chi connectivity index (χ4v) is 4.28.